The van der Waals surface area contributed by atoms with Crippen molar-refractivity contribution in [3.8, 4) is 11.4 Å². The van der Waals surface area contributed by atoms with Crippen molar-refractivity contribution >= 4 is 5.91 Å². The molecular formula is C16H20N4O3. The summed E-state index contributed by atoms with van der Waals surface area (Å²) in [6.45, 7) is 2.89. The quantitative estimate of drug-likeness (QED) is 0.738. The van der Waals surface area contributed by atoms with Crippen LogP contribution < -0.4 is 10.9 Å². The lowest BCUT2D eigenvalue weighted by molar-refractivity contribution is -0.121. The van der Waals surface area contributed by atoms with E-state index in [1.807, 2.05) is 31.2 Å². The van der Waals surface area contributed by atoms with E-state index in [2.05, 4.69) is 20.5 Å². The minimum absolute atomic E-state index is 0.147. The van der Waals surface area contributed by atoms with Crippen LogP contribution in [0.4, 0.5) is 0 Å². The fraction of sp³-hybridized carbons (Fsp3) is 0.375. The van der Waals surface area contributed by atoms with Crippen molar-refractivity contribution in [2.75, 3.05) is 20.3 Å². The van der Waals surface area contributed by atoms with Crippen LogP contribution in [0.25, 0.3) is 11.4 Å². The standard InChI is InChI=1S/C16H20N4O3/c1-11-3-5-12(6-4-11)15-18-16(22)13(19-20-15)7-8-14(21)17-9-10-23-2/h3-6H,7-10H2,1-2H3,(H,17,21)(H,18,20,22). The third kappa shape index (κ3) is 5.00. The summed E-state index contributed by atoms with van der Waals surface area (Å²) in [5, 5.41) is 10.7. The second-order valence-electron chi connectivity index (χ2n) is 5.16. The summed E-state index contributed by atoms with van der Waals surface area (Å²) in [5.74, 6) is 0.272. The van der Waals surface area contributed by atoms with Gasteiger partial charge in [-0.2, -0.15) is 0 Å². The Morgan fingerprint density at radius 1 is 1.26 bits per heavy atom. The summed E-state index contributed by atoms with van der Waals surface area (Å²) >= 11 is 0. The molecule has 2 rings (SSSR count). The summed E-state index contributed by atoms with van der Waals surface area (Å²) in [7, 11) is 1.57. The molecule has 1 heterocycles. The number of aromatic nitrogens is 3. The molecule has 0 fully saturated rings. The van der Waals surface area contributed by atoms with Gasteiger partial charge in [-0.3, -0.25) is 9.59 Å². The van der Waals surface area contributed by atoms with Crippen molar-refractivity contribution in [1.29, 1.82) is 0 Å². The molecule has 0 unspecified atom stereocenters. The largest absolute Gasteiger partial charge is 0.383 e. The second kappa shape index (κ2) is 8.19. The topological polar surface area (TPSA) is 97.0 Å². The number of hydrogen-bond acceptors (Lipinski definition) is 5. The Balaban J connectivity index is 1.98. The molecule has 23 heavy (non-hydrogen) atoms. The van der Waals surface area contributed by atoms with Crippen LogP contribution in [0.5, 0.6) is 0 Å². The first-order chi connectivity index (χ1) is 11.1. The van der Waals surface area contributed by atoms with Gasteiger partial charge in [0, 0.05) is 32.1 Å². The number of hydrogen-bond donors (Lipinski definition) is 2. The van der Waals surface area contributed by atoms with Gasteiger partial charge in [-0.25, -0.2) is 0 Å². The molecule has 0 atom stereocenters. The lowest BCUT2D eigenvalue weighted by Crippen LogP contribution is -2.28. The van der Waals surface area contributed by atoms with Gasteiger partial charge in [0.25, 0.3) is 5.56 Å². The number of amides is 1. The van der Waals surface area contributed by atoms with Crippen molar-refractivity contribution in [3.63, 3.8) is 0 Å². The normalized spacial score (nSPS) is 10.5. The van der Waals surface area contributed by atoms with Crippen LogP contribution in [0.15, 0.2) is 29.1 Å². The zero-order chi connectivity index (χ0) is 16.7. The number of nitrogens with one attached hydrogen (secondary N) is 2. The molecule has 1 aromatic carbocycles. The van der Waals surface area contributed by atoms with Gasteiger partial charge in [-0.1, -0.05) is 29.8 Å². The number of carbonyl (C=O) groups excluding carboxylic acids is 1. The maximum atomic E-state index is 12.0. The first-order valence-corrected chi connectivity index (χ1v) is 7.38. The molecule has 0 aliphatic heterocycles. The van der Waals surface area contributed by atoms with E-state index in [0.717, 1.165) is 11.1 Å². The maximum absolute atomic E-state index is 12.0. The smallest absolute Gasteiger partial charge is 0.273 e. The van der Waals surface area contributed by atoms with Gasteiger partial charge in [0.15, 0.2) is 5.82 Å². The van der Waals surface area contributed by atoms with Gasteiger partial charge in [-0.05, 0) is 6.92 Å². The average molecular weight is 316 g/mol. The van der Waals surface area contributed by atoms with Crippen LogP contribution in [0.3, 0.4) is 0 Å². The number of ether oxygens (including phenoxy) is 1. The minimum Gasteiger partial charge on any atom is -0.383 e. The lowest BCUT2D eigenvalue weighted by Gasteiger charge is -2.04. The Hall–Kier alpha value is -2.54. The molecule has 0 saturated heterocycles. The molecule has 0 aliphatic carbocycles. The second-order valence-corrected chi connectivity index (χ2v) is 5.16. The van der Waals surface area contributed by atoms with Crippen LogP contribution in [0.1, 0.15) is 17.7 Å². The van der Waals surface area contributed by atoms with Crippen molar-refractivity contribution in [1.82, 2.24) is 20.5 Å². The van der Waals surface area contributed by atoms with E-state index in [0.29, 0.717) is 19.0 Å². The molecule has 0 radical (unpaired) electrons. The molecular weight excluding hydrogens is 296 g/mol. The molecule has 0 spiro atoms. The third-order valence-electron chi connectivity index (χ3n) is 3.31. The summed E-state index contributed by atoms with van der Waals surface area (Å²) < 4.78 is 4.84. The predicted octanol–water partition coefficient (Wildman–Crippen LogP) is 0.836. The summed E-state index contributed by atoms with van der Waals surface area (Å²) in [6.07, 6.45) is 0.431. The van der Waals surface area contributed by atoms with Crippen molar-refractivity contribution in [3.05, 3.63) is 45.9 Å². The van der Waals surface area contributed by atoms with Gasteiger partial charge < -0.3 is 15.0 Å². The molecule has 2 aromatic rings. The van der Waals surface area contributed by atoms with E-state index in [-0.39, 0.29) is 30.0 Å². The number of aryl methyl sites for hydroxylation is 2. The fourth-order valence-corrected chi connectivity index (χ4v) is 1.98. The van der Waals surface area contributed by atoms with Crippen LogP contribution >= 0.6 is 0 Å². The van der Waals surface area contributed by atoms with Crippen molar-refractivity contribution in [2.24, 2.45) is 0 Å². The number of aromatic amines is 1. The van der Waals surface area contributed by atoms with Gasteiger partial charge in [0.2, 0.25) is 5.91 Å². The summed E-state index contributed by atoms with van der Waals surface area (Å²) in [6, 6.07) is 7.62. The van der Waals surface area contributed by atoms with Crippen molar-refractivity contribution < 1.29 is 9.53 Å². The van der Waals surface area contributed by atoms with E-state index in [4.69, 9.17) is 4.74 Å². The highest BCUT2D eigenvalue weighted by Gasteiger charge is 2.09. The number of methoxy groups -OCH3 is 1. The van der Waals surface area contributed by atoms with Crippen LogP contribution in [0.2, 0.25) is 0 Å². The monoisotopic (exact) mass is 316 g/mol. The molecule has 2 N–H and O–H groups in total. The van der Waals surface area contributed by atoms with Crippen LogP contribution in [-0.2, 0) is 16.0 Å². The first kappa shape index (κ1) is 16.8. The number of carbonyl (C=O) groups is 1. The molecule has 1 aromatic heterocycles. The van der Waals surface area contributed by atoms with Gasteiger partial charge in [-0.15, -0.1) is 10.2 Å². The number of nitrogens with zero attached hydrogens (tertiary/aromatic N) is 2. The predicted molar refractivity (Wildman–Crippen MR) is 86.0 cm³/mol. The molecule has 0 bridgehead atoms. The van der Waals surface area contributed by atoms with Gasteiger partial charge in [0.05, 0.1) is 6.61 Å². The number of H-pyrrole nitrogens is 1. The highest BCUT2D eigenvalue weighted by atomic mass is 16.5. The molecule has 1 amide bonds. The zero-order valence-electron chi connectivity index (χ0n) is 13.3. The van der Waals surface area contributed by atoms with E-state index < -0.39 is 0 Å². The molecule has 0 aliphatic rings. The fourth-order valence-electron chi connectivity index (χ4n) is 1.98. The molecule has 122 valence electrons. The highest BCUT2D eigenvalue weighted by molar-refractivity contribution is 5.76. The third-order valence-corrected chi connectivity index (χ3v) is 3.31. The molecule has 7 heteroatoms. The molecule has 7 nitrogen and oxygen atoms in total. The van der Waals surface area contributed by atoms with E-state index in [1.165, 1.54) is 0 Å². The van der Waals surface area contributed by atoms with E-state index >= 15 is 0 Å². The van der Waals surface area contributed by atoms with Crippen LogP contribution in [0, 0.1) is 6.92 Å². The van der Waals surface area contributed by atoms with Gasteiger partial charge in [0.1, 0.15) is 5.69 Å². The van der Waals surface area contributed by atoms with E-state index in [9.17, 15) is 9.59 Å². The van der Waals surface area contributed by atoms with Crippen LogP contribution in [-0.4, -0.2) is 41.3 Å². The number of benzene rings is 1. The zero-order valence-corrected chi connectivity index (χ0v) is 13.3. The molecule has 0 saturated carbocycles. The Labute approximate surface area is 134 Å². The maximum Gasteiger partial charge on any atom is 0.273 e. The van der Waals surface area contributed by atoms with Gasteiger partial charge >= 0.3 is 0 Å². The van der Waals surface area contributed by atoms with Crippen molar-refractivity contribution in [2.45, 2.75) is 19.8 Å². The SMILES string of the molecule is COCCNC(=O)CCc1nnc(-c2ccc(C)cc2)[nH]c1=O. The summed E-state index contributed by atoms with van der Waals surface area (Å²) in [5.41, 5.74) is 1.85. The summed E-state index contributed by atoms with van der Waals surface area (Å²) in [4.78, 5) is 26.3. The average Bonchev–Trinajstić information content (AvgIpc) is 2.54. The lowest BCUT2D eigenvalue weighted by atomic mass is 10.1. The Kier molecular flexibility index (Phi) is 5.99. The Morgan fingerprint density at radius 2 is 2.00 bits per heavy atom. The van der Waals surface area contributed by atoms with E-state index in [1.54, 1.807) is 7.11 Å². The first-order valence-electron chi connectivity index (χ1n) is 7.38. The highest BCUT2D eigenvalue weighted by Crippen LogP contribution is 2.13. The Morgan fingerprint density at radius 3 is 2.65 bits per heavy atom. The Bertz CT molecular complexity index is 710. The number of rotatable bonds is 7. The minimum atomic E-state index is -0.319.